The van der Waals surface area contributed by atoms with Crippen LogP contribution < -0.4 is 5.73 Å². The predicted molar refractivity (Wildman–Crippen MR) is 77.2 cm³/mol. The average Bonchev–Trinajstić information content (AvgIpc) is 2.67. The van der Waals surface area contributed by atoms with Crippen molar-refractivity contribution in [2.45, 2.75) is 19.1 Å². The fourth-order valence-electron chi connectivity index (χ4n) is 2.62. The summed E-state index contributed by atoms with van der Waals surface area (Å²) in [6.07, 6.45) is 3.94. The molecule has 0 saturated carbocycles. The molecular formula is C13H25N5O2. The van der Waals surface area contributed by atoms with Crippen molar-refractivity contribution in [1.29, 1.82) is 0 Å². The quantitative estimate of drug-likeness (QED) is 0.609. The Morgan fingerprint density at radius 3 is 2.65 bits per heavy atom. The molecule has 1 atom stereocenters. The lowest BCUT2D eigenvalue weighted by Crippen LogP contribution is -2.38. The first-order chi connectivity index (χ1) is 9.67. The van der Waals surface area contributed by atoms with Crippen molar-refractivity contribution in [3.8, 4) is 0 Å². The Morgan fingerprint density at radius 2 is 1.95 bits per heavy atom. The van der Waals surface area contributed by atoms with E-state index in [0.717, 1.165) is 39.1 Å². The Morgan fingerprint density at radius 1 is 1.20 bits per heavy atom. The number of hydrogen-bond acceptors (Lipinski definition) is 6. The van der Waals surface area contributed by atoms with Crippen LogP contribution in [0.2, 0.25) is 0 Å². The van der Waals surface area contributed by atoms with E-state index in [4.69, 9.17) is 10.8 Å². The molecule has 0 bridgehead atoms. The molecule has 0 radical (unpaired) electrons. The summed E-state index contributed by atoms with van der Waals surface area (Å²) in [6.45, 7) is 5.94. The third-order valence-corrected chi connectivity index (χ3v) is 3.62. The average molecular weight is 283 g/mol. The van der Waals surface area contributed by atoms with Crippen LogP contribution in [0.5, 0.6) is 0 Å². The lowest BCUT2D eigenvalue weighted by molar-refractivity contribution is 0.0958. The lowest BCUT2D eigenvalue weighted by atomic mass is 10.3. The molecule has 1 fully saturated rings. The number of hydrogen-bond donors (Lipinski definition) is 3. The maximum atomic E-state index is 10.1. The topological polar surface area (TPSA) is 90.8 Å². The molecule has 0 spiro atoms. The van der Waals surface area contributed by atoms with Crippen molar-refractivity contribution in [1.82, 2.24) is 19.6 Å². The zero-order valence-electron chi connectivity index (χ0n) is 11.9. The molecule has 114 valence electrons. The second-order valence-electron chi connectivity index (χ2n) is 5.37. The van der Waals surface area contributed by atoms with Gasteiger partial charge in [-0.15, -0.1) is 0 Å². The van der Waals surface area contributed by atoms with Gasteiger partial charge < -0.3 is 15.9 Å². The molecule has 20 heavy (non-hydrogen) atoms. The van der Waals surface area contributed by atoms with E-state index in [0.29, 0.717) is 18.8 Å². The van der Waals surface area contributed by atoms with E-state index in [9.17, 15) is 5.11 Å². The molecule has 2 heterocycles. The summed E-state index contributed by atoms with van der Waals surface area (Å²) in [4.78, 5) is 4.54. The Labute approximate surface area is 119 Å². The molecule has 4 N–H and O–H groups in total. The maximum Gasteiger partial charge on any atom is 0.0862 e. The SMILES string of the molecule is Nc1cnn(CC(O)CN2CCCN(CCO)CC2)c1. The number of anilines is 1. The molecule has 0 aliphatic carbocycles. The van der Waals surface area contributed by atoms with Gasteiger partial charge in [-0.05, 0) is 19.5 Å². The lowest BCUT2D eigenvalue weighted by Gasteiger charge is -2.23. The summed E-state index contributed by atoms with van der Waals surface area (Å²) in [5.74, 6) is 0. The second-order valence-corrected chi connectivity index (χ2v) is 5.37. The van der Waals surface area contributed by atoms with Crippen molar-refractivity contribution < 1.29 is 10.2 Å². The smallest absolute Gasteiger partial charge is 0.0862 e. The third kappa shape index (κ3) is 4.75. The van der Waals surface area contributed by atoms with Crippen molar-refractivity contribution >= 4 is 5.69 Å². The highest BCUT2D eigenvalue weighted by Crippen LogP contribution is 2.05. The molecule has 1 aliphatic heterocycles. The van der Waals surface area contributed by atoms with Crippen LogP contribution in [0, 0.1) is 0 Å². The van der Waals surface area contributed by atoms with E-state index in [-0.39, 0.29) is 6.61 Å². The molecule has 1 aromatic heterocycles. The Kier molecular flexibility index (Phi) is 5.78. The summed E-state index contributed by atoms with van der Waals surface area (Å²) in [5.41, 5.74) is 6.22. The molecule has 1 aromatic rings. The number of aliphatic hydroxyl groups excluding tert-OH is 2. The zero-order chi connectivity index (χ0) is 14.4. The molecule has 0 aromatic carbocycles. The fourth-order valence-corrected chi connectivity index (χ4v) is 2.62. The Hall–Kier alpha value is -1.15. The first kappa shape index (κ1) is 15.2. The monoisotopic (exact) mass is 283 g/mol. The standard InChI is InChI=1S/C13H25N5O2/c14-12-8-15-18(9-12)11-13(20)10-17-3-1-2-16(4-5-17)6-7-19/h8-9,13,19-20H,1-7,10-11,14H2. The predicted octanol–water partition coefficient (Wildman–Crippen LogP) is -1.17. The minimum Gasteiger partial charge on any atom is -0.396 e. The van der Waals surface area contributed by atoms with Crippen LogP contribution in [0.15, 0.2) is 12.4 Å². The highest BCUT2D eigenvalue weighted by Gasteiger charge is 2.17. The third-order valence-electron chi connectivity index (χ3n) is 3.62. The van der Waals surface area contributed by atoms with Gasteiger partial charge in [0.25, 0.3) is 0 Å². The van der Waals surface area contributed by atoms with Crippen LogP contribution in [0.25, 0.3) is 0 Å². The van der Waals surface area contributed by atoms with Crippen LogP contribution in [0.1, 0.15) is 6.42 Å². The van der Waals surface area contributed by atoms with Crippen LogP contribution >= 0.6 is 0 Å². The van der Waals surface area contributed by atoms with Crippen molar-refractivity contribution in [3.63, 3.8) is 0 Å². The molecule has 1 saturated heterocycles. The normalized spacial score (nSPS) is 19.9. The molecule has 7 nitrogen and oxygen atoms in total. The summed E-state index contributed by atoms with van der Waals surface area (Å²) in [5, 5.41) is 23.2. The highest BCUT2D eigenvalue weighted by atomic mass is 16.3. The van der Waals surface area contributed by atoms with E-state index in [2.05, 4.69) is 14.9 Å². The van der Waals surface area contributed by atoms with Gasteiger partial charge in [-0.2, -0.15) is 5.10 Å². The van der Waals surface area contributed by atoms with E-state index in [1.807, 2.05) is 0 Å². The zero-order valence-corrected chi connectivity index (χ0v) is 11.9. The fraction of sp³-hybridized carbons (Fsp3) is 0.769. The van der Waals surface area contributed by atoms with Gasteiger partial charge >= 0.3 is 0 Å². The molecule has 7 heteroatoms. The number of nitrogens with two attached hydrogens (primary N) is 1. The van der Waals surface area contributed by atoms with Crippen molar-refractivity contribution in [3.05, 3.63) is 12.4 Å². The van der Waals surface area contributed by atoms with E-state index >= 15 is 0 Å². The summed E-state index contributed by atoms with van der Waals surface area (Å²) < 4.78 is 1.68. The van der Waals surface area contributed by atoms with Gasteiger partial charge in [-0.3, -0.25) is 14.5 Å². The number of nitrogens with zero attached hydrogens (tertiary/aromatic N) is 4. The molecule has 2 rings (SSSR count). The van der Waals surface area contributed by atoms with Gasteiger partial charge in [-0.25, -0.2) is 0 Å². The summed E-state index contributed by atoms with van der Waals surface area (Å²) in [7, 11) is 0. The molecule has 1 unspecified atom stereocenters. The molecule has 1 aliphatic rings. The van der Waals surface area contributed by atoms with Gasteiger partial charge in [-0.1, -0.05) is 0 Å². The van der Waals surface area contributed by atoms with Gasteiger partial charge in [0, 0.05) is 32.4 Å². The summed E-state index contributed by atoms with van der Waals surface area (Å²) in [6, 6.07) is 0. The van der Waals surface area contributed by atoms with Crippen molar-refractivity contribution in [2.24, 2.45) is 0 Å². The largest absolute Gasteiger partial charge is 0.396 e. The molecular weight excluding hydrogens is 258 g/mol. The first-order valence-corrected chi connectivity index (χ1v) is 7.19. The maximum absolute atomic E-state index is 10.1. The Bertz CT molecular complexity index is 398. The van der Waals surface area contributed by atoms with Crippen LogP contribution in [-0.2, 0) is 6.54 Å². The number of aliphatic hydroxyl groups is 2. The minimum absolute atomic E-state index is 0.212. The second kappa shape index (κ2) is 7.58. The number of nitrogen functional groups attached to an aromatic ring is 1. The van der Waals surface area contributed by atoms with E-state index in [1.54, 1.807) is 17.1 Å². The van der Waals surface area contributed by atoms with E-state index in [1.165, 1.54) is 0 Å². The van der Waals surface area contributed by atoms with E-state index < -0.39 is 6.10 Å². The summed E-state index contributed by atoms with van der Waals surface area (Å²) >= 11 is 0. The number of rotatable bonds is 6. The number of aromatic nitrogens is 2. The number of β-amino-alcohol motifs (C(OH)–C–C–N with tert-alkyl or cyclic N) is 2. The van der Waals surface area contributed by atoms with Crippen molar-refractivity contribution in [2.75, 3.05) is 51.6 Å². The van der Waals surface area contributed by atoms with Gasteiger partial charge in [0.05, 0.1) is 31.1 Å². The van der Waals surface area contributed by atoms with Gasteiger partial charge in [0.1, 0.15) is 0 Å². The minimum atomic E-state index is -0.446. The first-order valence-electron chi connectivity index (χ1n) is 7.19. The van der Waals surface area contributed by atoms with Gasteiger partial charge in [0.2, 0.25) is 0 Å². The van der Waals surface area contributed by atoms with Gasteiger partial charge in [0.15, 0.2) is 0 Å². The Balaban J connectivity index is 1.75. The molecule has 0 amide bonds. The van der Waals surface area contributed by atoms with Crippen LogP contribution in [-0.4, -0.2) is 81.8 Å². The highest BCUT2D eigenvalue weighted by molar-refractivity contribution is 5.30. The van der Waals surface area contributed by atoms with Crippen LogP contribution in [0.3, 0.4) is 0 Å². The van der Waals surface area contributed by atoms with Crippen LogP contribution in [0.4, 0.5) is 5.69 Å².